The lowest BCUT2D eigenvalue weighted by Gasteiger charge is -2.14. The molecule has 0 bridgehead atoms. The van der Waals surface area contributed by atoms with Gasteiger partial charge in [0.1, 0.15) is 0 Å². The number of nitrogens with zero attached hydrogens (tertiary/aromatic N) is 1. The molecule has 2 heteroatoms. The van der Waals surface area contributed by atoms with E-state index in [1.54, 1.807) is 0 Å². The van der Waals surface area contributed by atoms with E-state index in [-0.39, 0.29) is 9.84 Å². The standard InChI is InChI=1S/C4H12N.B.H/c1-5(2,3)4;;/h1-4H3;;/q+1;;-1. The molecule has 0 atom stereocenters. The fourth-order valence-corrected chi connectivity index (χ4v) is 0. The summed E-state index contributed by atoms with van der Waals surface area (Å²) in [5.74, 6) is 0. The van der Waals surface area contributed by atoms with E-state index in [1.807, 2.05) is 0 Å². The molecule has 0 aliphatic carbocycles. The molecule has 0 rings (SSSR count). The predicted octanol–water partition coefficient (Wildman–Crippen LogP) is 0.0541. The Morgan fingerprint density at radius 3 is 1.00 bits per heavy atom. The molecule has 6 heavy (non-hydrogen) atoms. The van der Waals surface area contributed by atoms with Crippen molar-refractivity contribution in [3.05, 3.63) is 0 Å². The van der Waals surface area contributed by atoms with Gasteiger partial charge in [-0.2, -0.15) is 0 Å². The highest BCUT2D eigenvalue weighted by atomic mass is 15.2. The van der Waals surface area contributed by atoms with Gasteiger partial charge < -0.3 is 5.91 Å². The van der Waals surface area contributed by atoms with Gasteiger partial charge in [-0.15, -0.1) is 0 Å². The van der Waals surface area contributed by atoms with Crippen LogP contribution in [0, 0.1) is 0 Å². The summed E-state index contributed by atoms with van der Waals surface area (Å²) in [6, 6.07) is 0. The summed E-state index contributed by atoms with van der Waals surface area (Å²) in [5.41, 5.74) is 0. The van der Waals surface area contributed by atoms with Crippen LogP contribution in [0.5, 0.6) is 0 Å². The van der Waals surface area contributed by atoms with E-state index in [1.165, 1.54) is 0 Å². The molecule has 0 heterocycles. The van der Waals surface area contributed by atoms with Gasteiger partial charge in [0.2, 0.25) is 0 Å². The SMILES string of the molecule is C[N+](C)(C)C.[B].[H-]. The smallest absolute Gasteiger partial charge is 0.0675 e. The maximum absolute atomic E-state index is 2.12. The number of hydrogen-bond donors (Lipinski definition) is 0. The van der Waals surface area contributed by atoms with Crippen molar-refractivity contribution in [2.24, 2.45) is 0 Å². The monoisotopic (exact) mass is 86.1 g/mol. The van der Waals surface area contributed by atoms with Gasteiger partial charge in [0.15, 0.2) is 0 Å². The second-order valence-corrected chi connectivity index (χ2v) is 2.68. The lowest BCUT2D eigenvalue weighted by molar-refractivity contribution is -0.849. The quantitative estimate of drug-likeness (QED) is 0.288. The number of quaternary nitrogens is 1. The van der Waals surface area contributed by atoms with Crippen LogP contribution >= 0.6 is 0 Å². The summed E-state index contributed by atoms with van der Waals surface area (Å²) in [5, 5.41) is 0. The topological polar surface area (TPSA) is 0 Å². The Morgan fingerprint density at radius 1 is 1.00 bits per heavy atom. The summed E-state index contributed by atoms with van der Waals surface area (Å²) in [6.45, 7) is 0. The van der Waals surface area contributed by atoms with Crippen molar-refractivity contribution in [3.8, 4) is 0 Å². The van der Waals surface area contributed by atoms with Gasteiger partial charge in [-0.05, 0) is 0 Å². The third-order valence-corrected chi connectivity index (χ3v) is 0. The van der Waals surface area contributed by atoms with E-state index in [2.05, 4.69) is 28.2 Å². The minimum absolute atomic E-state index is 0. The van der Waals surface area contributed by atoms with Crippen LogP contribution in [0.2, 0.25) is 0 Å². The van der Waals surface area contributed by atoms with Crippen molar-refractivity contribution in [1.29, 1.82) is 0 Å². The van der Waals surface area contributed by atoms with Crippen LogP contribution in [0.3, 0.4) is 0 Å². The third-order valence-electron chi connectivity index (χ3n) is 0. The molecule has 0 saturated heterocycles. The van der Waals surface area contributed by atoms with Crippen LogP contribution < -0.4 is 0 Å². The van der Waals surface area contributed by atoms with Crippen LogP contribution in [0.1, 0.15) is 1.43 Å². The zero-order chi connectivity index (χ0) is 4.50. The minimum Gasteiger partial charge on any atom is -1.00 e. The molecule has 0 fully saturated rings. The highest BCUT2D eigenvalue weighted by Gasteiger charge is 1.88. The average molecular weight is 86.0 g/mol. The summed E-state index contributed by atoms with van der Waals surface area (Å²) in [4.78, 5) is 0. The number of hydrogen-bond acceptors (Lipinski definition) is 0. The molecule has 0 aromatic rings. The van der Waals surface area contributed by atoms with E-state index in [0.29, 0.717) is 0 Å². The Hall–Kier alpha value is 0.0249. The normalized spacial score (nSPS) is 10.0. The van der Waals surface area contributed by atoms with Gasteiger partial charge in [-0.25, -0.2) is 0 Å². The Bertz CT molecular complexity index is 27.2. The summed E-state index contributed by atoms with van der Waals surface area (Å²) >= 11 is 0. The van der Waals surface area contributed by atoms with Crippen LogP contribution in [-0.2, 0) is 0 Å². The van der Waals surface area contributed by atoms with Crippen molar-refractivity contribution in [3.63, 3.8) is 0 Å². The third kappa shape index (κ3) is 59200. The van der Waals surface area contributed by atoms with Crippen LogP contribution in [0.25, 0.3) is 0 Å². The molecule has 0 aliphatic rings. The Balaban J connectivity index is -0.0000000800. The zero-order valence-electron chi connectivity index (χ0n) is 6.02. The molecule has 37 valence electrons. The maximum atomic E-state index is 2.12. The molecule has 0 N–H and O–H groups in total. The average Bonchev–Trinajstić information content (AvgIpc) is 0.722. The van der Waals surface area contributed by atoms with Gasteiger partial charge in [0.05, 0.1) is 28.2 Å². The second-order valence-electron chi connectivity index (χ2n) is 2.68. The molecular weight excluding hydrogens is 72.9 g/mol. The van der Waals surface area contributed by atoms with Gasteiger partial charge in [-0.3, -0.25) is 0 Å². The van der Waals surface area contributed by atoms with E-state index < -0.39 is 0 Å². The van der Waals surface area contributed by atoms with Gasteiger partial charge >= 0.3 is 0 Å². The van der Waals surface area contributed by atoms with Crippen molar-refractivity contribution >= 4 is 8.41 Å². The van der Waals surface area contributed by atoms with Crippen LogP contribution in [-0.4, -0.2) is 41.1 Å². The fraction of sp³-hybridized carbons (Fsp3) is 1.00. The van der Waals surface area contributed by atoms with Gasteiger partial charge in [0, 0.05) is 8.41 Å². The predicted molar refractivity (Wildman–Crippen MR) is 30.8 cm³/mol. The van der Waals surface area contributed by atoms with Crippen molar-refractivity contribution < 1.29 is 5.91 Å². The van der Waals surface area contributed by atoms with E-state index in [9.17, 15) is 0 Å². The molecule has 3 radical (unpaired) electrons. The highest BCUT2D eigenvalue weighted by Crippen LogP contribution is 1.73. The lowest BCUT2D eigenvalue weighted by Crippen LogP contribution is -2.27. The first-order chi connectivity index (χ1) is 2.00. The Labute approximate surface area is 43.6 Å². The molecule has 0 aliphatic heterocycles. The molecule has 1 nitrogen and oxygen atoms in total. The first-order valence-corrected chi connectivity index (χ1v) is 1.79. The first-order valence-electron chi connectivity index (χ1n) is 1.79. The number of rotatable bonds is 0. The van der Waals surface area contributed by atoms with Gasteiger partial charge in [-0.1, -0.05) is 0 Å². The minimum atomic E-state index is 0. The molecular formula is C4H13BN. The fourth-order valence-electron chi connectivity index (χ4n) is 0. The Morgan fingerprint density at radius 2 is 1.00 bits per heavy atom. The largest absolute Gasteiger partial charge is 1.00 e. The molecule has 0 unspecified atom stereocenters. The maximum Gasteiger partial charge on any atom is 0.0675 e. The second kappa shape index (κ2) is 2.24. The first kappa shape index (κ1) is 9.39. The molecule has 0 aromatic carbocycles. The lowest BCUT2D eigenvalue weighted by atomic mass is 10.8. The Kier molecular flexibility index (Phi) is 3.51. The molecule has 0 spiro atoms. The van der Waals surface area contributed by atoms with Crippen LogP contribution in [0.4, 0.5) is 0 Å². The molecule has 0 aromatic heterocycles. The summed E-state index contributed by atoms with van der Waals surface area (Å²) in [7, 11) is 8.50. The van der Waals surface area contributed by atoms with Crippen molar-refractivity contribution in [1.82, 2.24) is 0 Å². The van der Waals surface area contributed by atoms with Crippen LogP contribution in [0.15, 0.2) is 0 Å². The van der Waals surface area contributed by atoms with Crippen molar-refractivity contribution in [2.45, 2.75) is 0 Å². The zero-order valence-corrected chi connectivity index (χ0v) is 5.02. The van der Waals surface area contributed by atoms with E-state index in [4.69, 9.17) is 0 Å². The highest BCUT2D eigenvalue weighted by molar-refractivity contribution is 5.75. The van der Waals surface area contributed by atoms with E-state index >= 15 is 0 Å². The van der Waals surface area contributed by atoms with Gasteiger partial charge in [0.25, 0.3) is 0 Å². The summed E-state index contributed by atoms with van der Waals surface area (Å²) < 4.78 is 1.00. The molecule has 0 saturated carbocycles. The van der Waals surface area contributed by atoms with E-state index in [0.717, 1.165) is 4.48 Å². The van der Waals surface area contributed by atoms with Crippen molar-refractivity contribution in [2.75, 3.05) is 28.2 Å². The summed E-state index contributed by atoms with van der Waals surface area (Å²) in [6.07, 6.45) is 0. The molecule has 0 amide bonds.